The first-order chi connectivity index (χ1) is 7.59. The zero-order valence-corrected chi connectivity index (χ0v) is 9.09. The second-order valence-electron chi connectivity index (χ2n) is 3.52. The minimum absolute atomic E-state index is 0.0491. The van der Waals surface area contributed by atoms with Crippen LogP contribution < -0.4 is 11.0 Å². The number of hydrogen-bond donors (Lipinski definition) is 2. The molecule has 0 bridgehead atoms. The lowest BCUT2D eigenvalue weighted by Crippen LogP contribution is -2.34. The molecular weight excluding hydrogens is 210 g/mol. The van der Waals surface area contributed by atoms with E-state index < -0.39 is 11.8 Å². The van der Waals surface area contributed by atoms with Gasteiger partial charge in [-0.05, 0) is 19.4 Å². The highest BCUT2D eigenvalue weighted by Gasteiger charge is 2.04. The average molecular weight is 225 g/mol. The van der Waals surface area contributed by atoms with Crippen LogP contribution in [0.15, 0.2) is 23.3 Å². The summed E-state index contributed by atoms with van der Waals surface area (Å²) in [6.45, 7) is 2.00. The molecule has 0 saturated heterocycles. The summed E-state index contributed by atoms with van der Waals surface area (Å²) in [5, 5.41) is 11.6. The van der Waals surface area contributed by atoms with Gasteiger partial charge in [0, 0.05) is 18.9 Å². The van der Waals surface area contributed by atoms with Crippen molar-refractivity contribution in [1.29, 1.82) is 0 Å². The first kappa shape index (κ1) is 12.4. The first-order valence-electron chi connectivity index (χ1n) is 5.06. The molecule has 0 saturated carbocycles. The molecule has 6 nitrogen and oxygen atoms in total. The minimum atomic E-state index is -0.451. The van der Waals surface area contributed by atoms with Gasteiger partial charge in [0.05, 0.1) is 6.10 Å². The van der Waals surface area contributed by atoms with Crippen LogP contribution >= 0.6 is 0 Å². The zero-order chi connectivity index (χ0) is 12.0. The van der Waals surface area contributed by atoms with Gasteiger partial charge < -0.3 is 10.4 Å². The summed E-state index contributed by atoms with van der Waals surface area (Å²) in [4.78, 5) is 26.1. The van der Waals surface area contributed by atoms with Crippen molar-refractivity contribution in [2.45, 2.75) is 26.0 Å². The third-order valence-electron chi connectivity index (χ3n) is 1.98. The lowest BCUT2D eigenvalue weighted by Gasteiger charge is -2.07. The van der Waals surface area contributed by atoms with Crippen LogP contribution in [0.25, 0.3) is 0 Å². The zero-order valence-electron chi connectivity index (χ0n) is 9.09. The van der Waals surface area contributed by atoms with Crippen LogP contribution in [0.5, 0.6) is 0 Å². The number of amides is 1. The number of carbonyl (C=O) groups is 1. The maximum atomic E-state index is 11.4. The Bertz CT molecular complexity index is 400. The van der Waals surface area contributed by atoms with Gasteiger partial charge in [0.25, 0.3) is 0 Å². The van der Waals surface area contributed by atoms with Gasteiger partial charge in [-0.2, -0.15) is 0 Å². The number of rotatable bonds is 5. The molecule has 0 fully saturated rings. The fourth-order valence-electron chi connectivity index (χ4n) is 1.14. The maximum absolute atomic E-state index is 11.4. The summed E-state index contributed by atoms with van der Waals surface area (Å²) in [6.07, 6.45) is 2.93. The highest BCUT2D eigenvalue weighted by Crippen LogP contribution is 1.86. The number of hydrogen-bond acceptors (Lipinski definition) is 4. The van der Waals surface area contributed by atoms with E-state index >= 15 is 0 Å². The van der Waals surface area contributed by atoms with E-state index in [4.69, 9.17) is 5.11 Å². The van der Waals surface area contributed by atoms with Crippen LogP contribution in [0, 0.1) is 0 Å². The number of nitrogens with one attached hydrogen (secondary N) is 1. The van der Waals surface area contributed by atoms with Crippen molar-refractivity contribution in [3.05, 3.63) is 28.9 Å². The summed E-state index contributed by atoms with van der Waals surface area (Å²) < 4.78 is 1.22. The smallest absolute Gasteiger partial charge is 0.347 e. The van der Waals surface area contributed by atoms with E-state index in [1.807, 2.05) is 0 Å². The van der Waals surface area contributed by atoms with Crippen LogP contribution in [-0.4, -0.2) is 33.2 Å². The number of nitrogens with zero attached hydrogens (tertiary/aromatic N) is 2. The van der Waals surface area contributed by atoms with Crippen molar-refractivity contribution in [3.63, 3.8) is 0 Å². The number of aliphatic hydroxyl groups is 1. The van der Waals surface area contributed by atoms with E-state index in [0.29, 0.717) is 13.0 Å². The van der Waals surface area contributed by atoms with E-state index in [0.717, 1.165) is 0 Å². The molecule has 0 aliphatic heterocycles. The van der Waals surface area contributed by atoms with Crippen molar-refractivity contribution < 1.29 is 9.90 Å². The Labute approximate surface area is 92.9 Å². The van der Waals surface area contributed by atoms with E-state index in [-0.39, 0.29) is 12.5 Å². The molecule has 1 atom stereocenters. The fraction of sp³-hybridized carbons (Fsp3) is 0.500. The van der Waals surface area contributed by atoms with Crippen LogP contribution in [-0.2, 0) is 11.3 Å². The molecule has 1 aromatic rings. The second kappa shape index (κ2) is 6.02. The van der Waals surface area contributed by atoms with Gasteiger partial charge in [-0.25, -0.2) is 9.78 Å². The number of aromatic nitrogens is 2. The van der Waals surface area contributed by atoms with Crippen molar-refractivity contribution >= 4 is 5.91 Å². The summed E-state index contributed by atoms with van der Waals surface area (Å²) >= 11 is 0. The van der Waals surface area contributed by atoms with E-state index in [1.165, 1.54) is 17.0 Å². The third-order valence-corrected chi connectivity index (χ3v) is 1.98. The van der Waals surface area contributed by atoms with Gasteiger partial charge in [0.1, 0.15) is 6.54 Å². The van der Waals surface area contributed by atoms with E-state index in [2.05, 4.69) is 10.3 Å². The largest absolute Gasteiger partial charge is 0.393 e. The van der Waals surface area contributed by atoms with Crippen LogP contribution in [0.4, 0.5) is 0 Å². The van der Waals surface area contributed by atoms with Gasteiger partial charge in [-0.15, -0.1) is 0 Å². The lowest BCUT2D eigenvalue weighted by atomic mass is 10.3. The van der Waals surface area contributed by atoms with Gasteiger partial charge in [0.15, 0.2) is 0 Å². The Balaban J connectivity index is 2.40. The summed E-state index contributed by atoms with van der Waals surface area (Å²) in [6, 6.07) is 1.59. The monoisotopic (exact) mass is 225 g/mol. The first-order valence-corrected chi connectivity index (χ1v) is 5.06. The predicted octanol–water partition coefficient (Wildman–Crippen LogP) is -0.870. The molecule has 16 heavy (non-hydrogen) atoms. The molecule has 1 heterocycles. The van der Waals surface area contributed by atoms with Crippen LogP contribution in [0.3, 0.4) is 0 Å². The average Bonchev–Trinajstić information content (AvgIpc) is 2.21. The Morgan fingerprint density at radius 2 is 2.44 bits per heavy atom. The molecule has 1 amide bonds. The molecular formula is C10H15N3O3. The Hall–Kier alpha value is -1.69. The molecule has 1 aromatic heterocycles. The molecule has 6 heteroatoms. The molecule has 2 N–H and O–H groups in total. The SMILES string of the molecule is CC(O)CCNC(=O)Cn1cccnc1=O. The molecule has 0 aliphatic rings. The van der Waals surface area contributed by atoms with Gasteiger partial charge in [-0.1, -0.05) is 0 Å². The Morgan fingerprint density at radius 1 is 1.69 bits per heavy atom. The van der Waals surface area contributed by atoms with Crippen LogP contribution in [0.2, 0.25) is 0 Å². The normalized spacial score (nSPS) is 12.1. The van der Waals surface area contributed by atoms with Crippen molar-refractivity contribution in [1.82, 2.24) is 14.9 Å². The summed E-state index contributed by atoms with van der Waals surface area (Å²) in [5.74, 6) is -0.268. The van der Waals surface area contributed by atoms with Gasteiger partial charge in [0.2, 0.25) is 5.91 Å². The van der Waals surface area contributed by atoms with E-state index in [1.54, 1.807) is 13.0 Å². The minimum Gasteiger partial charge on any atom is -0.393 e. The fourth-order valence-corrected chi connectivity index (χ4v) is 1.14. The molecule has 0 aliphatic carbocycles. The molecule has 1 unspecified atom stereocenters. The lowest BCUT2D eigenvalue weighted by molar-refractivity contribution is -0.121. The molecule has 0 radical (unpaired) electrons. The van der Waals surface area contributed by atoms with Crippen molar-refractivity contribution in [2.24, 2.45) is 0 Å². The highest BCUT2D eigenvalue weighted by atomic mass is 16.3. The van der Waals surface area contributed by atoms with Crippen molar-refractivity contribution in [2.75, 3.05) is 6.54 Å². The van der Waals surface area contributed by atoms with Gasteiger partial charge >= 0.3 is 5.69 Å². The summed E-state index contributed by atoms with van der Waals surface area (Å²) in [7, 11) is 0. The van der Waals surface area contributed by atoms with Gasteiger partial charge in [-0.3, -0.25) is 9.36 Å². The number of carbonyl (C=O) groups excluding carboxylic acids is 1. The Kier molecular flexibility index (Phi) is 4.65. The van der Waals surface area contributed by atoms with Crippen LogP contribution in [0.1, 0.15) is 13.3 Å². The molecule has 0 spiro atoms. The third kappa shape index (κ3) is 4.22. The number of aliphatic hydroxyl groups excluding tert-OH is 1. The Morgan fingerprint density at radius 3 is 3.06 bits per heavy atom. The van der Waals surface area contributed by atoms with E-state index in [9.17, 15) is 9.59 Å². The predicted molar refractivity (Wildman–Crippen MR) is 57.8 cm³/mol. The molecule has 1 rings (SSSR count). The topological polar surface area (TPSA) is 84.2 Å². The highest BCUT2D eigenvalue weighted by molar-refractivity contribution is 5.75. The summed E-state index contributed by atoms with van der Waals surface area (Å²) in [5.41, 5.74) is -0.451. The maximum Gasteiger partial charge on any atom is 0.347 e. The molecule has 88 valence electrons. The quantitative estimate of drug-likeness (QED) is 0.682. The second-order valence-corrected chi connectivity index (χ2v) is 3.52. The standard InChI is InChI=1S/C10H15N3O3/c1-8(14)3-5-11-9(15)7-13-6-2-4-12-10(13)16/h2,4,6,8,14H,3,5,7H2,1H3,(H,11,15). The molecule has 0 aromatic carbocycles. The van der Waals surface area contributed by atoms with Crippen molar-refractivity contribution in [3.8, 4) is 0 Å².